The van der Waals surface area contributed by atoms with Gasteiger partial charge in [0.25, 0.3) is 5.91 Å². The van der Waals surface area contributed by atoms with Gasteiger partial charge in [-0.25, -0.2) is 18.0 Å². The monoisotopic (exact) mass is 671 g/mol. The number of thiophene rings is 1. The fraction of sp³-hybridized carbons (Fsp3) is 0.320. The molecule has 2 aromatic heterocycles. The minimum absolute atomic E-state index is 0.0418. The van der Waals surface area contributed by atoms with Gasteiger partial charge in [0.2, 0.25) is 5.91 Å². The van der Waals surface area contributed by atoms with Gasteiger partial charge in [-0.3, -0.25) is 9.59 Å². The molecule has 0 unspecified atom stereocenters. The zero-order valence-corrected chi connectivity index (χ0v) is 25.9. The molecule has 11 nitrogen and oxygen atoms in total. The number of nitrogens with zero attached hydrogens (tertiary/aromatic N) is 2. The van der Waals surface area contributed by atoms with E-state index in [0.29, 0.717) is 6.54 Å². The summed E-state index contributed by atoms with van der Waals surface area (Å²) in [6.45, 7) is 8.90. The van der Waals surface area contributed by atoms with E-state index in [0.717, 1.165) is 26.0 Å². The first kappa shape index (κ1) is 31.4. The Labute approximate surface area is 246 Å². The number of amides is 2. The molecule has 2 amide bonds. The number of hydrogen-bond acceptors (Lipinski definition) is 10. The first-order valence-electron chi connectivity index (χ1n) is 11.9. The molecule has 0 aliphatic heterocycles. The summed E-state index contributed by atoms with van der Waals surface area (Å²) in [5.41, 5.74) is 0.958. The van der Waals surface area contributed by atoms with E-state index in [2.05, 4.69) is 32.8 Å². The number of carbonyl (C=O) groups excluding carboxylic acids is 4. The van der Waals surface area contributed by atoms with Crippen LogP contribution >= 0.6 is 38.6 Å². The van der Waals surface area contributed by atoms with Gasteiger partial charge in [-0.1, -0.05) is 33.3 Å². The number of nitrogens with one attached hydrogen (secondary N) is 1. The normalized spacial score (nSPS) is 11.8. The Hall–Kier alpha value is -3.14. The second-order valence-electron chi connectivity index (χ2n) is 8.18. The quantitative estimate of drug-likeness (QED) is 0.239. The van der Waals surface area contributed by atoms with Gasteiger partial charge in [0, 0.05) is 11.0 Å². The average Bonchev–Trinajstić information content (AvgIpc) is 3.34. The molecule has 3 rings (SSSR count). The molecule has 214 valence electrons. The molecule has 0 aliphatic rings. The van der Waals surface area contributed by atoms with Crippen LogP contribution in [0.4, 0.5) is 5.00 Å². The van der Waals surface area contributed by atoms with Crippen LogP contribution in [0.25, 0.3) is 10.2 Å². The molecule has 0 spiro atoms. The number of anilines is 1. The minimum atomic E-state index is -4.24. The summed E-state index contributed by atoms with van der Waals surface area (Å²) in [5.74, 6) is -5.48. The first-order chi connectivity index (χ1) is 18.9. The average molecular weight is 673 g/mol. The van der Waals surface area contributed by atoms with Gasteiger partial charge in [-0.05, 0) is 44.5 Å². The number of ether oxygens (including phenoxy) is 2. The third-order valence-electron chi connectivity index (χ3n) is 5.21. The van der Waals surface area contributed by atoms with Crippen molar-refractivity contribution in [3.8, 4) is 0 Å². The number of esters is 2. The van der Waals surface area contributed by atoms with Crippen molar-refractivity contribution in [3.63, 3.8) is 0 Å². The van der Waals surface area contributed by atoms with Crippen molar-refractivity contribution in [3.05, 3.63) is 56.1 Å². The predicted molar refractivity (Wildman–Crippen MR) is 157 cm³/mol. The number of halogens is 1. The SMILES string of the molecule is C=CCn1c(=NC(=O)CS(=O)(=O)CC(=O)Nc2sc(C(=O)OCC)c(C)c2C(=O)OCC)sc2cc(Br)ccc21. The lowest BCUT2D eigenvalue weighted by Crippen LogP contribution is -2.28. The highest BCUT2D eigenvalue weighted by Crippen LogP contribution is 2.34. The molecule has 2 heterocycles. The predicted octanol–water partition coefficient (Wildman–Crippen LogP) is 3.86. The lowest BCUT2D eigenvalue weighted by molar-refractivity contribution is -0.115. The fourth-order valence-corrected chi connectivity index (χ4v) is 7.35. The van der Waals surface area contributed by atoms with Crippen molar-refractivity contribution in [2.75, 3.05) is 30.0 Å². The van der Waals surface area contributed by atoms with E-state index in [1.807, 2.05) is 18.2 Å². The van der Waals surface area contributed by atoms with Crippen LogP contribution in [0, 0.1) is 6.92 Å². The van der Waals surface area contributed by atoms with Crippen molar-refractivity contribution in [1.82, 2.24) is 4.57 Å². The van der Waals surface area contributed by atoms with Gasteiger partial charge in [0.05, 0.1) is 29.0 Å². The third kappa shape index (κ3) is 7.53. The molecule has 0 saturated carbocycles. The highest BCUT2D eigenvalue weighted by atomic mass is 79.9. The summed E-state index contributed by atoms with van der Waals surface area (Å²) < 4.78 is 38.9. The molecular weight excluding hydrogens is 646 g/mol. The Kier molecular flexibility index (Phi) is 10.6. The number of rotatable bonds is 11. The van der Waals surface area contributed by atoms with Gasteiger partial charge < -0.3 is 19.4 Å². The summed E-state index contributed by atoms with van der Waals surface area (Å²) in [6, 6.07) is 5.53. The highest BCUT2D eigenvalue weighted by molar-refractivity contribution is 9.10. The maximum atomic E-state index is 12.7. The molecule has 3 aromatic rings. The topological polar surface area (TPSA) is 150 Å². The zero-order chi connectivity index (χ0) is 29.6. The number of aromatic nitrogens is 1. The molecule has 40 heavy (non-hydrogen) atoms. The second kappa shape index (κ2) is 13.5. The van der Waals surface area contributed by atoms with E-state index in [1.165, 1.54) is 18.3 Å². The van der Waals surface area contributed by atoms with E-state index in [1.54, 1.807) is 24.5 Å². The maximum Gasteiger partial charge on any atom is 0.348 e. The number of sulfone groups is 1. The molecule has 0 bridgehead atoms. The van der Waals surface area contributed by atoms with Gasteiger partial charge in [0.15, 0.2) is 14.6 Å². The molecule has 0 fully saturated rings. The number of fused-ring (bicyclic) bond motifs is 1. The number of benzene rings is 1. The van der Waals surface area contributed by atoms with E-state index in [9.17, 15) is 27.6 Å². The molecule has 0 aliphatic carbocycles. The molecule has 1 N–H and O–H groups in total. The summed E-state index contributed by atoms with van der Waals surface area (Å²) in [7, 11) is -4.24. The number of carbonyl (C=O) groups is 4. The Morgan fingerprint density at radius 1 is 1.10 bits per heavy atom. The standard InChI is InChI=1S/C25H26BrN3O8S3/c1-5-10-29-16-9-8-15(26)11-17(16)38-25(29)28-19(31)13-40(34,35)12-18(30)27-22-20(23(32)36-6-2)14(4)21(39-22)24(33)37-7-3/h5,8-9,11H,1,6-7,10,12-13H2,2-4H3,(H,27,30). The molecule has 0 saturated heterocycles. The lowest BCUT2D eigenvalue weighted by atomic mass is 10.1. The molecule has 0 atom stereocenters. The summed E-state index contributed by atoms with van der Waals surface area (Å²) in [6.07, 6.45) is 1.63. The van der Waals surface area contributed by atoms with Crippen LogP contribution in [-0.2, 0) is 35.4 Å². The zero-order valence-electron chi connectivity index (χ0n) is 21.8. The highest BCUT2D eigenvalue weighted by Gasteiger charge is 2.29. The molecule has 0 radical (unpaired) electrons. The smallest absolute Gasteiger partial charge is 0.348 e. The van der Waals surface area contributed by atoms with E-state index >= 15 is 0 Å². The Balaban J connectivity index is 1.82. The summed E-state index contributed by atoms with van der Waals surface area (Å²) >= 11 is 5.37. The van der Waals surface area contributed by atoms with Crippen LogP contribution in [0.3, 0.4) is 0 Å². The Morgan fingerprint density at radius 2 is 1.77 bits per heavy atom. The molecular formula is C25H26BrN3O8S3. The van der Waals surface area contributed by atoms with Gasteiger partial charge in [-0.15, -0.1) is 17.9 Å². The molecule has 15 heteroatoms. The summed E-state index contributed by atoms with van der Waals surface area (Å²) in [5, 5.41) is 2.31. The lowest BCUT2D eigenvalue weighted by Gasteiger charge is -2.07. The van der Waals surface area contributed by atoms with Crippen LogP contribution in [0.15, 0.2) is 40.3 Å². The maximum absolute atomic E-state index is 12.7. The van der Waals surface area contributed by atoms with Crippen LogP contribution in [0.1, 0.15) is 39.4 Å². The Bertz CT molecular complexity index is 1670. The van der Waals surface area contributed by atoms with Gasteiger partial charge >= 0.3 is 11.9 Å². The van der Waals surface area contributed by atoms with Crippen molar-refractivity contribution < 1.29 is 37.1 Å². The van der Waals surface area contributed by atoms with E-state index in [-0.39, 0.29) is 39.0 Å². The van der Waals surface area contributed by atoms with E-state index < -0.39 is 45.1 Å². The Morgan fingerprint density at radius 3 is 2.42 bits per heavy atom. The van der Waals surface area contributed by atoms with Crippen molar-refractivity contribution in [1.29, 1.82) is 0 Å². The summed E-state index contributed by atoms with van der Waals surface area (Å²) in [4.78, 5) is 54.5. The number of hydrogen-bond donors (Lipinski definition) is 1. The number of allylic oxidation sites excluding steroid dienone is 1. The van der Waals surface area contributed by atoms with Crippen molar-refractivity contribution in [2.24, 2.45) is 4.99 Å². The van der Waals surface area contributed by atoms with Crippen molar-refractivity contribution in [2.45, 2.75) is 27.3 Å². The van der Waals surface area contributed by atoms with Crippen LogP contribution in [0.5, 0.6) is 0 Å². The third-order valence-corrected chi connectivity index (χ3v) is 9.32. The second-order valence-corrected chi connectivity index (χ2v) is 13.2. The fourth-order valence-electron chi connectivity index (χ4n) is 3.62. The molecule has 1 aromatic carbocycles. The van der Waals surface area contributed by atoms with Crippen LogP contribution < -0.4 is 10.1 Å². The first-order valence-corrected chi connectivity index (χ1v) is 16.1. The van der Waals surface area contributed by atoms with E-state index in [4.69, 9.17) is 9.47 Å². The van der Waals surface area contributed by atoms with Crippen LogP contribution in [0.2, 0.25) is 0 Å². The van der Waals surface area contributed by atoms with Gasteiger partial charge in [0.1, 0.15) is 21.4 Å². The van der Waals surface area contributed by atoms with Crippen molar-refractivity contribution >= 4 is 87.4 Å². The number of thiazole rings is 1. The van der Waals surface area contributed by atoms with Gasteiger partial charge in [-0.2, -0.15) is 4.99 Å². The minimum Gasteiger partial charge on any atom is -0.462 e. The van der Waals surface area contributed by atoms with Crippen LogP contribution in [-0.4, -0.2) is 61.5 Å². The largest absolute Gasteiger partial charge is 0.462 e.